The van der Waals surface area contributed by atoms with Crippen LogP contribution >= 0.6 is 0 Å². The van der Waals surface area contributed by atoms with Crippen LogP contribution in [0.3, 0.4) is 0 Å². The Labute approximate surface area is 176 Å². The second-order valence-electron chi connectivity index (χ2n) is 6.88. The quantitative estimate of drug-likeness (QED) is 0.457. The molecule has 30 heavy (non-hydrogen) atoms. The number of benzene rings is 1. The zero-order chi connectivity index (χ0) is 22.1. The lowest BCUT2D eigenvalue weighted by Gasteiger charge is -2.19. The molecule has 0 saturated carbocycles. The van der Waals surface area contributed by atoms with Gasteiger partial charge in [-0.25, -0.2) is 9.59 Å². The van der Waals surface area contributed by atoms with E-state index in [-0.39, 0.29) is 24.8 Å². The minimum Gasteiger partial charge on any atom is -0.462 e. The highest BCUT2D eigenvalue weighted by molar-refractivity contribution is 5.99. The van der Waals surface area contributed by atoms with Crippen molar-refractivity contribution in [3.05, 3.63) is 52.8 Å². The van der Waals surface area contributed by atoms with Gasteiger partial charge >= 0.3 is 11.9 Å². The lowest BCUT2D eigenvalue weighted by molar-refractivity contribution is -0.124. The highest BCUT2D eigenvalue weighted by Gasteiger charge is 2.24. The predicted molar refractivity (Wildman–Crippen MR) is 114 cm³/mol. The number of nitrogens with one attached hydrogen (secondary N) is 2. The monoisotopic (exact) mass is 415 g/mol. The molecule has 0 fully saturated rings. The molecule has 0 spiro atoms. The third-order valence-corrected chi connectivity index (χ3v) is 4.64. The van der Waals surface area contributed by atoms with Gasteiger partial charge in [-0.3, -0.25) is 4.79 Å². The summed E-state index contributed by atoms with van der Waals surface area (Å²) in [6.45, 7) is 6.13. The first-order valence-electron chi connectivity index (χ1n) is 9.91. The second-order valence-corrected chi connectivity index (χ2v) is 6.88. The summed E-state index contributed by atoms with van der Waals surface area (Å²) in [5.41, 5.74) is 2.53. The van der Waals surface area contributed by atoms with E-state index in [2.05, 4.69) is 15.2 Å². The van der Waals surface area contributed by atoms with Gasteiger partial charge in [0.05, 0.1) is 12.2 Å². The van der Waals surface area contributed by atoms with E-state index in [1.807, 2.05) is 37.4 Å². The highest BCUT2D eigenvalue weighted by Crippen LogP contribution is 2.19. The number of aromatic nitrogens is 1. The van der Waals surface area contributed by atoms with E-state index in [9.17, 15) is 14.4 Å². The largest absolute Gasteiger partial charge is 0.462 e. The highest BCUT2D eigenvalue weighted by atomic mass is 16.5. The molecule has 0 aliphatic heterocycles. The molecule has 0 atom stereocenters. The van der Waals surface area contributed by atoms with Crippen molar-refractivity contribution in [2.45, 2.75) is 27.2 Å². The number of amides is 1. The number of aromatic amines is 1. The molecular formula is C22H29N3O5. The summed E-state index contributed by atoms with van der Waals surface area (Å²) in [4.78, 5) is 41.2. The Balaban J connectivity index is 1.76. The molecule has 0 aliphatic carbocycles. The molecule has 1 aromatic heterocycles. The molecule has 0 aliphatic rings. The molecule has 0 unspecified atom stereocenters. The van der Waals surface area contributed by atoms with E-state index >= 15 is 0 Å². The van der Waals surface area contributed by atoms with Gasteiger partial charge in [-0.1, -0.05) is 18.2 Å². The Morgan fingerprint density at radius 1 is 1.07 bits per heavy atom. The van der Waals surface area contributed by atoms with Crippen LogP contribution < -0.4 is 10.2 Å². The molecule has 0 saturated heterocycles. The number of rotatable bonds is 10. The lowest BCUT2D eigenvalue weighted by Crippen LogP contribution is -2.31. The minimum atomic E-state index is -0.690. The average Bonchev–Trinajstić information content (AvgIpc) is 3.04. The molecule has 162 valence electrons. The van der Waals surface area contributed by atoms with Crippen LogP contribution in [-0.2, 0) is 14.3 Å². The van der Waals surface area contributed by atoms with Gasteiger partial charge in [-0.2, -0.15) is 0 Å². The normalized spacial score (nSPS) is 10.4. The van der Waals surface area contributed by atoms with Crippen molar-refractivity contribution >= 4 is 23.5 Å². The molecule has 1 heterocycles. The molecular weight excluding hydrogens is 386 g/mol. The van der Waals surface area contributed by atoms with Gasteiger partial charge in [0, 0.05) is 31.5 Å². The van der Waals surface area contributed by atoms with E-state index in [4.69, 9.17) is 9.47 Å². The SMILES string of the molecule is CCOC(=O)c1c(C)[nH]c(C(=O)OCC(=O)NCCCN(C)c2ccccc2)c1C. The van der Waals surface area contributed by atoms with Gasteiger partial charge in [-0.05, 0) is 44.9 Å². The fourth-order valence-electron chi connectivity index (χ4n) is 3.07. The zero-order valence-electron chi connectivity index (χ0n) is 17.9. The first-order chi connectivity index (χ1) is 14.3. The number of H-pyrrole nitrogens is 1. The molecule has 1 aromatic carbocycles. The van der Waals surface area contributed by atoms with E-state index in [1.165, 1.54) is 0 Å². The summed E-state index contributed by atoms with van der Waals surface area (Å²) in [6, 6.07) is 9.97. The Morgan fingerprint density at radius 3 is 2.43 bits per heavy atom. The van der Waals surface area contributed by atoms with Crippen LogP contribution in [-0.4, -0.2) is 56.2 Å². The Kier molecular flexibility index (Phi) is 8.46. The average molecular weight is 415 g/mol. The van der Waals surface area contributed by atoms with Gasteiger partial charge in [0.25, 0.3) is 5.91 Å². The summed E-state index contributed by atoms with van der Waals surface area (Å²) >= 11 is 0. The van der Waals surface area contributed by atoms with E-state index < -0.39 is 11.9 Å². The standard InChI is InChI=1S/C22H29N3O5/c1-5-29-21(27)19-15(2)20(24-16(19)3)22(28)30-14-18(26)23-12-9-13-25(4)17-10-7-6-8-11-17/h6-8,10-11,24H,5,9,12-14H2,1-4H3,(H,23,26). The Bertz CT molecular complexity index is 876. The molecule has 2 aromatic rings. The summed E-state index contributed by atoms with van der Waals surface area (Å²) in [6.07, 6.45) is 0.753. The second kappa shape index (κ2) is 11.0. The number of carbonyl (C=O) groups is 3. The molecule has 8 heteroatoms. The Morgan fingerprint density at radius 2 is 1.77 bits per heavy atom. The maximum Gasteiger partial charge on any atom is 0.355 e. The predicted octanol–water partition coefficient (Wildman–Crippen LogP) is 2.61. The van der Waals surface area contributed by atoms with E-state index in [0.717, 1.165) is 18.7 Å². The zero-order valence-corrected chi connectivity index (χ0v) is 17.9. The summed E-state index contributed by atoms with van der Waals surface area (Å²) < 4.78 is 10.1. The maximum atomic E-state index is 12.3. The van der Waals surface area contributed by atoms with E-state index in [1.54, 1.807) is 20.8 Å². The molecule has 0 bridgehead atoms. The van der Waals surface area contributed by atoms with Crippen LogP contribution in [0.25, 0.3) is 0 Å². The van der Waals surface area contributed by atoms with Gasteiger partial charge < -0.3 is 24.7 Å². The topological polar surface area (TPSA) is 101 Å². The van der Waals surface area contributed by atoms with Crippen molar-refractivity contribution < 1.29 is 23.9 Å². The van der Waals surface area contributed by atoms with Crippen LogP contribution in [0.4, 0.5) is 5.69 Å². The first kappa shape index (κ1) is 23.0. The maximum absolute atomic E-state index is 12.3. The molecule has 0 radical (unpaired) electrons. The number of para-hydroxylation sites is 1. The first-order valence-corrected chi connectivity index (χ1v) is 9.91. The van der Waals surface area contributed by atoms with Gasteiger partial charge in [0.15, 0.2) is 6.61 Å². The van der Waals surface area contributed by atoms with Crippen molar-refractivity contribution in [2.75, 3.05) is 38.3 Å². The summed E-state index contributed by atoms with van der Waals surface area (Å²) in [5, 5.41) is 2.74. The molecule has 2 N–H and O–H groups in total. The summed E-state index contributed by atoms with van der Waals surface area (Å²) in [7, 11) is 1.99. The van der Waals surface area contributed by atoms with Crippen molar-refractivity contribution in [3.63, 3.8) is 0 Å². The Hall–Kier alpha value is -3.29. The number of carbonyl (C=O) groups excluding carboxylic acids is 3. The summed E-state index contributed by atoms with van der Waals surface area (Å²) in [5.74, 6) is -1.57. The fourth-order valence-corrected chi connectivity index (χ4v) is 3.07. The number of anilines is 1. The number of aryl methyl sites for hydroxylation is 1. The third-order valence-electron chi connectivity index (χ3n) is 4.64. The van der Waals surface area contributed by atoms with Crippen LogP contribution in [0.15, 0.2) is 30.3 Å². The van der Waals surface area contributed by atoms with Crippen molar-refractivity contribution in [1.29, 1.82) is 0 Å². The van der Waals surface area contributed by atoms with Gasteiger partial charge in [0.2, 0.25) is 0 Å². The van der Waals surface area contributed by atoms with Crippen molar-refractivity contribution in [2.24, 2.45) is 0 Å². The molecule has 1 amide bonds. The van der Waals surface area contributed by atoms with Crippen LogP contribution in [0.2, 0.25) is 0 Å². The van der Waals surface area contributed by atoms with Crippen LogP contribution in [0, 0.1) is 13.8 Å². The van der Waals surface area contributed by atoms with Gasteiger partial charge in [-0.15, -0.1) is 0 Å². The smallest absolute Gasteiger partial charge is 0.355 e. The van der Waals surface area contributed by atoms with E-state index in [0.29, 0.717) is 23.4 Å². The van der Waals surface area contributed by atoms with Gasteiger partial charge in [0.1, 0.15) is 5.69 Å². The third kappa shape index (κ3) is 6.10. The van der Waals surface area contributed by atoms with Crippen molar-refractivity contribution in [3.8, 4) is 0 Å². The fraction of sp³-hybridized carbons (Fsp3) is 0.409. The molecule has 2 rings (SSSR count). The number of ether oxygens (including phenoxy) is 2. The van der Waals surface area contributed by atoms with Crippen LogP contribution in [0.1, 0.15) is 45.4 Å². The van der Waals surface area contributed by atoms with Crippen LogP contribution in [0.5, 0.6) is 0 Å². The number of nitrogens with zero attached hydrogens (tertiary/aromatic N) is 1. The number of esters is 2. The minimum absolute atomic E-state index is 0.146. The molecule has 8 nitrogen and oxygen atoms in total. The number of hydrogen-bond acceptors (Lipinski definition) is 6. The lowest BCUT2D eigenvalue weighted by atomic mass is 10.1. The van der Waals surface area contributed by atoms with Crippen molar-refractivity contribution in [1.82, 2.24) is 10.3 Å². The number of hydrogen-bond donors (Lipinski definition) is 2.